The quantitative estimate of drug-likeness (QED) is 0.457. The second kappa shape index (κ2) is 10.4. The molecule has 11 heteroatoms. The molecule has 1 aliphatic rings. The normalized spacial score (nSPS) is 15.3. The van der Waals surface area contributed by atoms with Crippen molar-refractivity contribution >= 4 is 34.0 Å². The number of rotatable bonds is 6. The zero-order valence-electron chi connectivity index (χ0n) is 18.8. The third-order valence-corrected chi connectivity index (χ3v) is 7.15. The van der Waals surface area contributed by atoms with E-state index < -0.39 is 22.5 Å². The number of hydrogen-bond acceptors (Lipinski definition) is 5. The summed E-state index contributed by atoms with van der Waals surface area (Å²) in [7, 11) is -1.49. The van der Waals surface area contributed by atoms with Gasteiger partial charge in [0, 0.05) is 53.3 Å². The largest absolute Gasteiger partial charge is 0.441 e. The summed E-state index contributed by atoms with van der Waals surface area (Å²) < 4.78 is 57.3. The standard InChI is InChI=1S/C24H23ClF3N3O3S/c1-16-21(29-23(34-16)17-5-7-19(25)8-6-17)14-35(33)15-22(32)31-11-9-30(10-12-31)20-4-2-3-18(13-20)24(26,27)28/h2-8,13H,9-12,14-15H2,1H3/t35-/m1/s1. The Kier molecular flexibility index (Phi) is 7.51. The van der Waals surface area contributed by atoms with Crippen LogP contribution in [0.1, 0.15) is 17.0 Å². The lowest BCUT2D eigenvalue weighted by Gasteiger charge is -2.36. The maximum atomic E-state index is 13.0. The van der Waals surface area contributed by atoms with Crippen molar-refractivity contribution in [1.29, 1.82) is 0 Å². The van der Waals surface area contributed by atoms with E-state index in [-0.39, 0.29) is 17.4 Å². The first-order valence-corrected chi connectivity index (χ1v) is 12.7. The summed E-state index contributed by atoms with van der Waals surface area (Å²) in [6.45, 7) is 3.21. The number of hydrogen-bond donors (Lipinski definition) is 0. The second-order valence-electron chi connectivity index (χ2n) is 8.17. The number of carbonyl (C=O) groups excluding carboxylic acids is 1. The first kappa shape index (κ1) is 25.2. The van der Waals surface area contributed by atoms with E-state index in [0.29, 0.717) is 54.2 Å². The summed E-state index contributed by atoms with van der Waals surface area (Å²) in [4.78, 5) is 20.5. The summed E-state index contributed by atoms with van der Waals surface area (Å²) in [6.07, 6.45) is -4.41. The molecule has 0 unspecified atom stereocenters. The van der Waals surface area contributed by atoms with Gasteiger partial charge < -0.3 is 14.2 Å². The molecule has 0 radical (unpaired) electrons. The molecule has 0 saturated carbocycles. The molecule has 1 amide bonds. The molecule has 1 fully saturated rings. The summed E-state index contributed by atoms with van der Waals surface area (Å²) in [5.41, 5.74) is 1.03. The number of alkyl halides is 3. The van der Waals surface area contributed by atoms with Gasteiger partial charge in [0.25, 0.3) is 0 Å². The molecule has 2 heterocycles. The maximum absolute atomic E-state index is 13.0. The molecule has 0 spiro atoms. The number of carbonyl (C=O) groups is 1. The van der Waals surface area contributed by atoms with Crippen LogP contribution in [0.5, 0.6) is 0 Å². The van der Waals surface area contributed by atoms with E-state index in [2.05, 4.69) is 4.98 Å². The van der Waals surface area contributed by atoms with Crippen molar-refractivity contribution in [3.05, 3.63) is 70.6 Å². The van der Waals surface area contributed by atoms with E-state index in [4.69, 9.17) is 16.0 Å². The van der Waals surface area contributed by atoms with Gasteiger partial charge in [0.2, 0.25) is 11.8 Å². The first-order chi connectivity index (χ1) is 16.6. The highest BCUT2D eigenvalue weighted by molar-refractivity contribution is 7.84. The fraction of sp³-hybridized carbons (Fsp3) is 0.333. The van der Waals surface area contributed by atoms with Gasteiger partial charge in [-0.1, -0.05) is 17.7 Å². The monoisotopic (exact) mass is 525 g/mol. The number of nitrogens with zero attached hydrogens (tertiary/aromatic N) is 3. The van der Waals surface area contributed by atoms with Crippen molar-refractivity contribution in [3.8, 4) is 11.5 Å². The minimum Gasteiger partial charge on any atom is -0.441 e. The Hall–Kier alpha value is -2.85. The van der Waals surface area contributed by atoms with Gasteiger partial charge >= 0.3 is 6.18 Å². The minimum atomic E-state index is -4.41. The van der Waals surface area contributed by atoms with Crippen LogP contribution in [0.2, 0.25) is 5.02 Å². The smallest absolute Gasteiger partial charge is 0.416 e. The zero-order chi connectivity index (χ0) is 25.2. The molecule has 0 aliphatic carbocycles. The molecular formula is C24H23ClF3N3O3S. The summed E-state index contributed by atoms with van der Waals surface area (Å²) in [5.74, 6) is 0.588. The molecule has 1 saturated heterocycles. The SMILES string of the molecule is Cc1oc(-c2ccc(Cl)cc2)nc1C[S@@](=O)CC(=O)N1CCN(c2cccc(C(F)(F)F)c2)CC1. The predicted molar refractivity (Wildman–Crippen MR) is 129 cm³/mol. The Bertz CT molecular complexity index is 1220. The molecule has 1 aromatic heterocycles. The Morgan fingerprint density at radius 2 is 1.80 bits per heavy atom. The highest BCUT2D eigenvalue weighted by atomic mass is 35.5. The van der Waals surface area contributed by atoms with Gasteiger partial charge in [-0.2, -0.15) is 13.2 Å². The fourth-order valence-electron chi connectivity index (χ4n) is 3.80. The summed E-state index contributed by atoms with van der Waals surface area (Å²) in [6, 6.07) is 12.1. The van der Waals surface area contributed by atoms with Crippen LogP contribution in [0.25, 0.3) is 11.5 Å². The van der Waals surface area contributed by atoms with Gasteiger partial charge in [-0.05, 0) is 49.4 Å². The third kappa shape index (κ3) is 6.24. The lowest BCUT2D eigenvalue weighted by molar-refractivity contribution is -0.137. The van der Waals surface area contributed by atoms with Crippen molar-refractivity contribution in [2.45, 2.75) is 18.9 Å². The van der Waals surface area contributed by atoms with Gasteiger partial charge in [-0.3, -0.25) is 9.00 Å². The molecule has 35 heavy (non-hydrogen) atoms. The molecular weight excluding hydrogens is 503 g/mol. The maximum Gasteiger partial charge on any atom is 0.416 e. The fourth-order valence-corrected chi connectivity index (χ4v) is 5.06. The number of aryl methyl sites for hydroxylation is 1. The van der Waals surface area contributed by atoms with E-state index in [1.54, 1.807) is 42.2 Å². The number of aromatic nitrogens is 1. The molecule has 0 N–H and O–H groups in total. The molecule has 0 bridgehead atoms. The number of benzene rings is 2. The van der Waals surface area contributed by atoms with Crippen molar-refractivity contribution in [2.24, 2.45) is 0 Å². The van der Waals surface area contributed by atoms with E-state index >= 15 is 0 Å². The first-order valence-electron chi connectivity index (χ1n) is 10.9. The topological polar surface area (TPSA) is 66.7 Å². The van der Waals surface area contributed by atoms with Gasteiger partial charge in [-0.25, -0.2) is 4.98 Å². The molecule has 6 nitrogen and oxygen atoms in total. The van der Waals surface area contributed by atoms with Crippen LogP contribution in [0.3, 0.4) is 0 Å². The average Bonchev–Trinajstić information content (AvgIpc) is 3.19. The van der Waals surface area contributed by atoms with Gasteiger partial charge in [0.1, 0.15) is 11.5 Å². The number of anilines is 1. The van der Waals surface area contributed by atoms with Crippen LogP contribution >= 0.6 is 11.6 Å². The van der Waals surface area contributed by atoms with Crippen LogP contribution in [-0.4, -0.2) is 51.9 Å². The Labute approximate surface area is 208 Å². The highest BCUT2D eigenvalue weighted by Gasteiger charge is 2.31. The second-order valence-corrected chi connectivity index (χ2v) is 10.1. The molecule has 4 rings (SSSR count). The highest BCUT2D eigenvalue weighted by Crippen LogP contribution is 2.32. The van der Waals surface area contributed by atoms with Crippen LogP contribution in [0.4, 0.5) is 18.9 Å². The van der Waals surface area contributed by atoms with E-state index in [0.717, 1.165) is 17.7 Å². The lowest BCUT2D eigenvalue weighted by atomic mass is 10.1. The number of amides is 1. The molecule has 1 aliphatic heterocycles. The van der Waals surface area contributed by atoms with E-state index in [1.165, 1.54) is 6.07 Å². The lowest BCUT2D eigenvalue weighted by Crippen LogP contribution is -2.50. The minimum absolute atomic E-state index is 0.0822. The number of oxazole rings is 1. The zero-order valence-corrected chi connectivity index (χ0v) is 20.4. The van der Waals surface area contributed by atoms with Crippen molar-refractivity contribution < 1.29 is 26.6 Å². The molecule has 1 atom stereocenters. The predicted octanol–water partition coefficient (Wildman–Crippen LogP) is 4.92. The Morgan fingerprint density at radius 3 is 2.46 bits per heavy atom. The summed E-state index contributed by atoms with van der Waals surface area (Å²) >= 11 is 5.91. The van der Waals surface area contributed by atoms with Gasteiger partial charge in [0.05, 0.1) is 17.0 Å². The van der Waals surface area contributed by atoms with Crippen LogP contribution < -0.4 is 4.90 Å². The molecule has 2 aromatic carbocycles. The van der Waals surface area contributed by atoms with Crippen molar-refractivity contribution in [1.82, 2.24) is 9.88 Å². The Balaban J connectivity index is 1.31. The Morgan fingerprint density at radius 1 is 1.11 bits per heavy atom. The van der Waals surface area contributed by atoms with Crippen LogP contribution in [-0.2, 0) is 27.5 Å². The van der Waals surface area contributed by atoms with E-state index in [1.807, 2.05) is 4.90 Å². The number of halogens is 4. The number of piperazine rings is 1. The average molecular weight is 526 g/mol. The van der Waals surface area contributed by atoms with Gasteiger partial charge in [-0.15, -0.1) is 0 Å². The van der Waals surface area contributed by atoms with Crippen LogP contribution in [0, 0.1) is 6.92 Å². The third-order valence-electron chi connectivity index (χ3n) is 5.74. The van der Waals surface area contributed by atoms with Gasteiger partial charge in [0.15, 0.2) is 0 Å². The molecule has 186 valence electrons. The van der Waals surface area contributed by atoms with Crippen molar-refractivity contribution in [2.75, 3.05) is 36.8 Å². The summed E-state index contributed by atoms with van der Waals surface area (Å²) in [5, 5.41) is 0.590. The molecule has 3 aromatic rings. The van der Waals surface area contributed by atoms with E-state index in [9.17, 15) is 22.2 Å². The van der Waals surface area contributed by atoms with Crippen molar-refractivity contribution in [3.63, 3.8) is 0 Å². The van der Waals surface area contributed by atoms with Crippen LogP contribution in [0.15, 0.2) is 52.9 Å².